The van der Waals surface area contributed by atoms with Gasteiger partial charge in [-0.3, -0.25) is 4.79 Å². The predicted octanol–water partition coefficient (Wildman–Crippen LogP) is 2.69. The van der Waals surface area contributed by atoms with Gasteiger partial charge in [-0.25, -0.2) is 4.68 Å². The number of nitrogens with zero attached hydrogens (tertiary/aromatic N) is 2. The van der Waals surface area contributed by atoms with E-state index in [2.05, 4.69) is 5.10 Å². The first kappa shape index (κ1) is 14.0. The molecule has 0 unspecified atom stereocenters. The predicted molar refractivity (Wildman–Crippen MR) is 68.8 cm³/mol. The van der Waals surface area contributed by atoms with Crippen LogP contribution in [0.1, 0.15) is 34.6 Å². The molecule has 0 radical (unpaired) electrons. The fraction of sp³-hybridized carbons (Fsp3) is 0.667. The van der Waals surface area contributed by atoms with Gasteiger partial charge >= 0.3 is 0 Å². The van der Waals surface area contributed by atoms with E-state index in [9.17, 15) is 4.79 Å². The molecule has 0 amide bonds. The average molecular weight is 259 g/mol. The van der Waals surface area contributed by atoms with Crippen LogP contribution in [0.3, 0.4) is 0 Å². The van der Waals surface area contributed by atoms with Crippen molar-refractivity contribution in [1.82, 2.24) is 9.78 Å². The summed E-state index contributed by atoms with van der Waals surface area (Å²) in [6.45, 7) is 10.3. The third-order valence-electron chi connectivity index (χ3n) is 2.09. The van der Waals surface area contributed by atoms with E-state index in [1.54, 1.807) is 0 Å². The highest BCUT2D eigenvalue weighted by Crippen LogP contribution is 2.21. The molecule has 0 bridgehead atoms. The lowest BCUT2D eigenvalue weighted by Gasteiger charge is -2.21. The highest BCUT2D eigenvalue weighted by atomic mass is 35.5. The molecule has 5 heteroatoms. The Balaban J connectivity index is 3.08. The van der Waals surface area contributed by atoms with E-state index in [1.807, 2.05) is 34.6 Å². The van der Waals surface area contributed by atoms with Gasteiger partial charge in [0.15, 0.2) is 10.8 Å². The van der Waals surface area contributed by atoms with Crippen LogP contribution in [0.25, 0.3) is 0 Å². The van der Waals surface area contributed by atoms with Crippen LogP contribution < -0.4 is 10.3 Å². The lowest BCUT2D eigenvalue weighted by molar-refractivity contribution is 0.264. The maximum Gasteiger partial charge on any atom is 0.289 e. The molecule has 17 heavy (non-hydrogen) atoms. The lowest BCUT2D eigenvalue weighted by atomic mass is 10.1. The van der Waals surface area contributed by atoms with E-state index in [4.69, 9.17) is 16.3 Å². The average Bonchev–Trinajstić information content (AvgIpc) is 2.18. The Kier molecular flexibility index (Phi) is 4.20. The summed E-state index contributed by atoms with van der Waals surface area (Å²) in [6.07, 6.45) is 1.50. The number of hydrogen-bond acceptors (Lipinski definition) is 3. The van der Waals surface area contributed by atoms with Crippen LogP contribution in [0.2, 0.25) is 5.02 Å². The molecular formula is C12H19ClN2O2. The molecule has 0 spiro atoms. The van der Waals surface area contributed by atoms with Gasteiger partial charge in [0, 0.05) is 0 Å². The maximum absolute atomic E-state index is 12.0. The first-order valence-corrected chi connectivity index (χ1v) is 6.02. The lowest BCUT2D eigenvalue weighted by Crippen LogP contribution is -2.36. The van der Waals surface area contributed by atoms with Crippen molar-refractivity contribution in [3.63, 3.8) is 0 Å². The van der Waals surface area contributed by atoms with Crippen molar-refractivity contribution in [2.45, 2.75) is 40.2 Å². The van der Waals surface area contributed by atoms with Crippen LogP contribution in [0, 0.1) is 5.92 Å². The van der Waals surface area contributed by atoms with Gasteiger partial charge < -0.3 is 4.74 Å². The Morgan fingerprint density at radius 3 is 2.53 bits per heavy atom. The molecule has 0 aliphatic rings. The van der Waals surface area contributed by atoms with E-state index < -0.39 is 5.54 Å². The molecule has 0 aromatic carbocycles. The molecule has 0 saturated carbocycles. The molecule has 0 aliphatic heterocycles. The molecule has 1 aromatic rings. The van der Waals surface area contributed by atoms with Gasteiger partial charge in [0.25, 0.3) is 5.56 Å². The number of halogens is 1. The SMILES string of the molecule is CC(C)COc1cnn(C(C)(C)C)c(=O)c1Cl. The fourth-order valence-corrected chi connectivity index (χ4v) is 1.44. The van der Waals surface area contributed by atoms with Gasteiger partial charge in [-0.05, 0) is 26.7 Å². The van der Waals surface area contributed by atoms with Crippen LogP contribution >= 0.6 is 11.6 Å². The fourth-order valence-electron chi connectivity index (χ4n) is 1.25. The van der Waals surface area contributed by atoms with Gasteiger partial charge in [0.1, 0.15) is 0 Å². The highest BCUT2D eigenvalue weighted by molar-refractivity contribution is 6.31. The molecule has 0 saturated heterocycles. The monoisotopic (exact) mass is 258 g/mol. The van der Waals surface area contributed by atoms with Gasteiger partial charge in [-0.2, -0.15) is 5.10 Å². The Labute approximate surface area is 107 Å². The summed E-state index contributed by atoms with van der Waals surface area (Å²) in [5, 5.41) is 4.18. The van der Waals surface area contributed by atoms with Gasteiger partial charge in [0.2, 0.25) is 0 Å². The summed E-state index contributed by atoms with van der Waals surface area (Å²) in [7, 11) is 0. The summed E-state index contributed by atoms with van der Waals surface area (Å²) >= 11 is 5.99. The van der Waals surface area contributed by atoms with Crippen molar-refractivity contribution in [2.75, 3.05) is 6.61 Å². The number of aromatic nitrogens is 2. The van der Waals surface area contributed by atoms with E-state index in [1.165, 1.54) is 10.9 Å². The van der Waals surface area contributed by atoms with Crippen LogP contribution in [0.15, 0.2) is 11.0 Å². The van der Waals surface area contributed by atoms with Gasteiger partial charge in [0.05, 0.1) is 18.3 Å². The summed E-state index contributed by atoms with van der Waals surface area (Å²) in [4.78, 5) is 12.0. The molecule has 4 nitrogen and oxygen atoms in total. The smallest absolute Gasteiger partial charge is 0.289 e. The third-order valence-corrected chi connectivity index (χ3v) is 2.44. The summed E-state index contributed by atoms with van der Waals surface area (Å²) < 4.78 is 6.80. The second-order valence-corrected chi connectivity index (χ2v) is 5.79. The van der Waals surface area contributed by atoms with E-state index in [-0.39, 0.29) is 10.6 Å². The second kappa shape index (κ2) is 5.08. The number of rotatable bonds is 3. The van der Waals surface area contributed by atoms with Crippen molar-refractivity contribution in [3.8, 4) is 5.75 Å². The largest absolute Gasteiger partial charge is 0.490 e. The Morgan fingerprint density at radius 2 is 2.06 bits per heavy atom. The molecule has 0 N–H and O–H groups in total. The van der Waals surface area contributed by atoms with E-state index >= 15 is 0 Å². The third kappa shape index (κ3) is 3.46. The normalized spacial score (nSPS) is 11.9. The zero-order valence-electron chi connectivity index (χ0n) is 11.0. The Morgan fingerprint density at radius 1 is 1.47 bits per heavy atom. The van der Waals surface area contributed by atoms with Crippen molar-refractivity contribution < 1.29 is 4.74 Å². The van der Waals surface area contributed by atoms with Crippen molar-refractivity contribution >= 4 is 11.6 Å². The van der Waals surface area contributed by atoms with Crippen molar-refractivity contribution in [1.29, 1.82) is 0 Å². The molecule has 1 aromatic heterocycles. The molecular weight excluding hydrogens is 240 g/mol. The minimum atomic E-state index is -0.392. The molecule has 1 rings (SSSR count). The topological polar surface area (TPSA) is 44.1 Å². The van der Waals surface area contributed by atoms with Crippen LogP contribution in [-0.2, 0) is 5.54 Å². The molecule has 1 heterocycles. The summed E-state index contributed by atoms with van der Waals surface area (Å²) in [5.41, 5.74) is -0.711. The molecule has 0 fully saturated rings. The maximum atomic E-state index is 12.0. The first-order chi connectivity index (χ1) is 7.73. The highest BCUT2D eigenvalue weighted by Gasteiger charge is 2.19. The quantitative estimate of drug-likeness (QED) is 0.837. The molecule has 0 aliphatic carbocycles. The Hall–Kier alpha value is -1.03. The molecule has 96 valence electrons. The van der Waals surface area contributed by atoms with E-state index in [0.717, 1.165) is 0 Å². The minimum absolute atomic E-state index is 0.0931. The van der Waals surface area contributed by atoms with Gasteiger partial charge in [-0.1, -0.05) is 25.4 Å². The van der Waals surface area contributed by atoms with Gasteiger partial charge in [-0.15, -0.1) is 0 Å². The summed E-state index contributed by atoms with van der Waals surface area (Å²) in [6, 6.07) is 0. The number of hydrogen-bond donors (Lipinski definition) is 0. The van der Waals surface area contributed by atoms with Crippen LogP contribution in [0.5, 0.6) is 5.75 Å². The zero-order chi connectivity index (χ0) is 13.2. The standard InChI is InChI=1S/C12H19ClN2O2/c1-8(2)7-17-9-6-14-15(12(3,4)5)11(16)10(9)13/h6,8H,7H2,1-5H3. The minimum Gasteiger partial charge on any atom is -0.490 e. The van der Waals surface area contributed by atoms with Crippen molar-refractivity contribution in [3.05, 3.63) is 21.6 Å². The zero-order valence-corrected chi connectivity index (χ0v) is 11.7. The van der Waals surface area contributed by atoms with E-state index in [0.29, 0.717) is 18.3 Å². The number of ether oxygens (including phenoxy) is 1. The second-order valence-electron chi connectivity index (χ2n) is 5.42. The Bertz CT molecular complexity index is 447. The molecule has 0 atom stereocenters. The summed E-state index contributed by atoms with van der Waals surface area (Å²) in [5.74, 6) is 0.724. The van der Waals surface area contributed by atoms with Crippen LogP contribution in [-0.4, -0.2) is 16.4 Å². The van der Waals surface area contributed by atoms with Crippen molar-refractivity contribution in [2.24, 2.45) is 5.92 Å². The first-order valence-electron chi connectivity index (χ1n) is 5.64. The van der Waals surface area contributed by atoms with Crippen LogP contribution in [0.4, 0.5) is 0 Å².